The summed E-state index contributed by atoms with van der Waals surface area (Å²) >= 11 is 3.52. The maximum atomic E-state index is 8.46. The van der Waals surface area contributed by atoms with Crippen LogP contribution in [0.5, 0.6) is 5.75 Å². The van der Waals surface area contributed by atoms with Crippen LogP contribution in [0, 0.1) is 11.3 Å². The van der Waals surface area contributed by atoms with E-state index in [1.807, 2.05) is 12.1 Å². The van der Waals surface area contributed by atoms with Crippen molar-refractivity contribution >= 4 is 15.9 Å². The van der Waals surface area contributed by atoms with Crippen molar-refractivity contribution in [1.29, 1.82) is 5.26 Å². The first-order chi connectivity index (χ1) is 8.79. The average Bonchev–Trinajstić information content (AvgIpc) is 2.38. The Labute approximate surface area is 117 Å². The van der Waals surface area contributed by atoms with E-state index in [1.54, 1.807) is 0 Å². The zero-order valence-electron chi connectivity index (χ0n) is 10.7. The average molecular weight is 311 g/mol. The number of nitriles is 1. The van der Waals surface area contributed by atoms with Crippen LogP contribution in [0.25, 0.3) is 0 Å². The van der Waals surface area contributed by atoms with Crippen LogP contribution in [0.3, 0.4) is 0 Å². The minimum Gasteiger partial charge on any atom is -0.492 e. The Morgan fingerprint density at radius 2 is 2.22 bits per heavy atom. The second-order valence-electron chi connectivity index (χ2n) is 3.97. The molecule has 0 fully saturated rings. The van der Waals surface area contributed by atoms with Crippen molar-refractivity contribution in [3.05, 3.63) is 28.2 Å². The molecule has 0 saturated heterocycles. The molecule has 0 amide bonds. The second kappa shape index (κ2) is 8.96. The minimum absolute atomic E-state index is 0.601. The SMILES string of the molecule is CCNCc1cccc(Br)c1OCCCCC#N. The topological polar surface area (TPSA) is 45.0 Å². The Morgan fingerprint density at radius 1 is 1.39 bits per heavy atom. The third-order valence-corrected chi connectivity index (χ3v) is 3.17. The molecular formula is C14H19BrN2O. The van der Waals surface area contributed by atoms with Gasteiger partial charge in [0.1, 0.15) is 5.75 Å². The summed E-state index contributed by atoms with van der Waals surface area (Å²) in [6, 6.07) is 8.21. The summed E-state index contributed by atoms with van der Waals surface area (Å²) in [6.07, 6.45) is 2.41. The van der Waals surface area contributed by atoms with E-state index in [4.69, 9.17) is 10.00 Å². The number of halogens is 1. The minimum atomic E-state index is 0.601. The Hall–Kier alpha value is -1.05. The highest BCUT2D eigenvalue weighted by atomic mass is 79.9. The Kier molecular flexibility index (Phi) is 7.47. The highest BCUT2D eigenvalue weighted by Gasteiger charge is 2.07. The number of benzene rings is 1. The smallest absolute Gasteiger partial charge is 0.137 e. The number of hydrogen-bond acceptors (Lipinski definition) is 3. The molecule has 0 aliphatic rings. The molecule has 0 aliphatic carbocycles. The second-order valence-corrected chi connectivity index (χ2v) is 4.83. The van der Waals surface area contributed by atoms with Crippen molar-refractivity contribution in [3.8, 4) is 11.8 Å². The molecule has 0 saturated carbocycles. The van der Waals surface area contributed by atoms with Crippen molar-refractivity contribution < 1.29 is 4.74 Å². The monoisotopic (exact) mass is 310 g/mol. The van der Waals surface area contributed by atoms with E-state index in [-0.39, 0.29) is 0 Å². The van der Waals surface area contributed by atoms with Gasteiger partial charge in [0.15, 0.2) is 0 Å². The van der Waals surface area contributed by atoms with Crippen LogP contribution in [0.2, 0.25) is 0 Å². The van der Waals surface area contributed by atoms with E-state index in [0.29, 0.717) is 13.0 Å². The molecule has 0 unspecified atom stereocenters. The summed E-state index contributed by atoms with van der Waals surface area (Å²) in [6.45, 7) is 4.49. The number of nitrogens with zero attached hydrogens (tertiary/aromatic N) is 1. The summed E-state index contributed by atoms with van der Waals surface area (Å²) < 4.78 is 6.80. The standard InChI is InChI=1S/C14H19BrN2O/c1-2-17-11-12-7-6-8-13(15)14(12)18-10-5-3-4-9-16/h6-8,17H,2-5,10-11H2,1H3. The van der Waals surface area contributed by atoms with Crippen molar-refractivity contribution in [3.63, 3.8) is 0 Å². The fourth-order valence-electron chi connectivity index (χ4n) is 1.59. The molecule has 3 nitrogen and oxygen atoms in total. The van der Waals surface area contributed by atoms with Gasteiger partial charge in [0.05, 0.1) is 17.1 Å². The van der Waals surface area contributed by atoms with Crippen LogP contribution in [0.1, 0.15) is 31.7 Å². The van der Waals surface area contributed by atoms with E-state index in [1.165, 1.54) is 0 Å². The lowest BCUT2D eigenvalue weighted by Crippen LogP contribution is -2.13. The van der Waals surface area contributed by atoms with Crippen LogP contribution in [0.15, 0.2) is 22.7 Å². The molecule has 98 valence electrons. The predicted octanol–water partition coefficient (Wildman–Crippen LogP) is 3.63. The molecule has 0 bridgehead atoms. The first kappa shape index (κ1) is 15.0. The lowest BCUT2D eigenvalue weighted by molar-refractivity contribution is 0.302. The van der Waals surface area contributed by atoms with E-state index in [0.717, 1.165) is 41.7 Å². The lowest BCUT2D eigenvalue weighted by Gasteiger charge is -2.13. The van der Waals surface area contributed by atoms with Gasteiger partial charge >= 0.3 is 0 Å². The molecule has 1 aromatic rings. The zero-order valence-corrected chi connectivity index (χ0v) is 12.3. The molecule has 18 heavy (non-hydrogen) atoms. The number of rotatable bonds is 8. The quantitative estimate of drug-likeness (QED) is 0.746. The third kappa shape index (κ3) is 5.07. The number of ether oxygens (including phenoxy) is 1. The molecule has 1 rings (SSSR count). The molecule has 4 heteroatoms. The summed E-state index contributed by atoms with van der Waals surface area (Å²) in [5.41, 5.74) is 1.16. The van der Waals surface area contributed by atoms with Gasteiger partial charge in [-0.2, -0.15) is 5.26 Å². The van der Waals surface area contributed by atoms with E-state index in [9.17, 15) is 0 Å². The predicted molar refractivity (Wildman–Crippen MR) is 76.5 cm³/mol. The fraction of sp³-hybridized carbons (Fsp3) is 0.500. The van der Waals surface area contributed by atoms with Gasteiger partial charge in [-0.05, 0) is 41.4 Å². The van der Waals surface area contributed by atoms with E-state index >= 15 is 0 Å². The van der Waals surface area contributed by atoms with E-state index in [2.05, 4.69) is 40.3 Å². The van der Waals surface area contributed by atoms with Crippen molar-refractivity contribution in [2.45, 2.75) is 32.7 Å². The van der Waals surface area contributed by atoms with Gasteiger partial charge < -0.3 is 10.1 Å². The first-order valence-electron chi connectivity index (χ1n) is 6.27. The van der Waals surface area contributed by atoms with Crippen LogP contribution in [-0.2, 0) is 6.54 Å². The van der Waals surface area contributed by atoms with Gasteiger partial charge in [0.25, 0.3) is 0 Å². The summed E-state index contributed by atoms with van der Waals surface area (Å²) in [7, 11) is 0. The van der Waals surface area contributed by atoms with Crippen LogP contribution in [0.4, 0.5) is 0 Å². The maximum absolute atomic E-state index is 8.46. The number of para-hydroxylation sites is 1. The Balaban J connectivity index is 2.54. The van der Waals surface area contributed by atoms with Crippen molar-refractivity contribution in [2.24, 2.45) is 0 Å². The van der Waals surface area contributed by atoms with Gasteiger partial charge in [-0.25, -0.2) is 0 Å². The maximum Gasteiger partial charge on any atom is 0.137 e. The molecule has 0 heterocycles. The van der Waals surface area contributed by atoms with Crippen molar-refractivity contribution in [2.75, 3.05) is 13.2 Å². The third-order valence-electron chi connectivity index (χ3n) is 2.54. The van der Waals surface area contributed by atoms with Gasteiger partial charge in [-0.15, -0.1) is 0 Å². The van der Waals surface area contributed by atoms with Crippen LogP contribution >= 0.6 is 15.9 Å². The highest BCUT2D eigenvalue weighted by molar-refractivity contribution is 9.10. The molecule has 0 atom stereocenters. The normalized spacial score (nSPS) is 10.1. The molecule has 1 aromatic carbocycles. The summed E-state index contributed by atoms with van der Waals surface area (Å²) in [5.74, 6) is 0.912. The summed E-state index contributed by atoms with van der Waals surface area (Å²) in [4.78, 5) is 0. The molecule has 1 N–H and O–H groups in total. The number of hydrogen-bond donors (Lipinski definition) is 1. The lowest BCUT2D eigenvalue weighted by atomic mass is 10.2. The Morgan fingerprint density at radius 3 is 2.94 bits per heavy atom. The Bertz CT molecular complexity index is 401. The van der Waals surface area contributed by atoms with Crippen LogP contribution in [-0.4, -0.2) is 13.2 Å². The molecule has 0 radical (unpaired) electrons. The van der Waals surface area contributed by atoms with Gasteiger partial charge in [-0.1, -0.05) is 19.1 Å². The van der Waals surface area contributed by atoms with Gasteiger partial charge in [0, 0.05) is 18.5 Å². The number of unbranched alkanes of at least 4 members (excludes halogenated alkanes) is 2. The molecule has 0 aromatic heterocycles. The largest absolute Gasteiger partial charge is 0.492 e. The van der Waals surface area contributed by atoms with Crippen molar-refractivity contribution in [1.82, 2.24) is 5.32 Å². The zero-order chi connectivity index (χ0) is 13.2. The molecule has 0 spiro atoms. The molecule has 0 aliphatic heterocycles. The number of nitrogens with one attached hydrogen (secondary N) is 1. The molecular weight excluding hydrogens is 292 g/mol. The van der Waals surface area contributed by atoms with Gasteiger partial charge in [-0.3, -0.25) is 0 Å². The summed E-state index contributed by atoms with van der Waals surface area (Å²) in [5, 5.41) is 11.8. The van der Waals surface area contributed by atoms with E-state index < -0.39 is 0 Å². The first-order valence-corrected chi connectivity index (χ1v) is 7.06. The van der Waals surface area contributed by atoms with Crippen LogP contribution < -0.4 is 10.1 Å². The highest BCUT2D eigenvalue weighted by Crippen LogP contribution is 2.29. The van der Waals surface area contributed by atoms with Gasteiger partial charge in [0.2, 0.25) is 0 Å². The fourth-order valence-corrected chi connectivity index (χ4v) is 2.12.